The molecule has 3 heteroatoms. The summed E-state index contributed by atoms with van der Waals surface area (Å²) in [7, 11) is 0. The zero-order valence-electron chi connectivity index (χ0n) is 12.1. The number of halogens is 1. The van der Waals surface area contributed by atoms with Crippen LogP contribution in [-0.4, -0.2) is 17.5 Å². The maximum atomic E-state index is 3.82. The number of rotatable bonds is 6. The van der Waals surface area contributed by atoms with Gasteiger partial charge in [-0.3, -0.25) is 0 Å². The number of nitrogens with one attached hydrogen (secondary N) is 1. The first-order valence-corrected chi connectivity index (χ1v) is 9.23. The molecular formula is C16H24BrNS. The lowest BCUT2D eigenvalue weighted by Crippen LogP contribution is -2.38. The third kappa shape index (κ3) is 3.20. The second-order valence-electron chi connectivity index (χ2n) is 5.37. The first kappa shape index (κ1) is 15.4. The molecule has 106 valence electrons. The van der Waals surface area contributed by atoms with Gasteiger partial charge >= 0.3 is 0 Å². The first-order chi connectivity index (χ1) is 9.15. The molecule has 1 N–H and O–H groups in total. The van der Waals surface area contributed by atoms with Crippen molar-refractivity contribution in [2.45, 2.75) is 50.3 Å². The van der Waals surface area contributed by atoms with Gasteiger partial charge in [0.2, 0.25) is 0 Å². The molecule has 1 nitrogen and oxygen atoms in total. The van der Waals surface area contributed by atoms with Crippen molar-refractivity contribution >= 4 is 27.7 Å². The van der Waals surface area contributed by atoms with Gasteiger partial charge in [0.15, 0.2) is 0 Å². The highest BCUT2D eigenvalue weighted by Gasteiger charge is 2.29. The number of hydrogen-bond donors (Lipinski definition) is 1. The predicted octanol–water partition coefficient (Wildman–Crippen LogP) is 4.95. The Labute approximate surface area is 130 Å². The summed E-state index contributed by atoms with van der Waals surface area (Å²) >= 11 is 5.69. The minimum absolute atomic E-state index is 0.398. The van der Waals surface area contributed by atoms with Crippen molar-refractivity contribution in [2.75, 3.05) is 12.8 Å². The Balaban J connectivity index is 2.05. The molecule has 1 atom stereocenters. The van der Waals surface area contributed by atoms with E-state index in [9.17, 15) is 0 Å². The summed E-state index contributed by atoms with van der Waals surface area (Å²) in [5.74, 6) is 0. The average molecular weight is 342 g/mol. The summed E-state index contributed by atoms with van der Waals surface area (Å²) in [4.78, 5) is 0. The lowest BCUT2D eigenvalue weighted by atomic mass is 10.0. The molecule has 2 rings (SSSR count). The molecule has 1 aliphatic rings. The first-order valence-electron chi connectivity index (χ1n) is 7.21. The molecule has 0 aliphatic heterocycles. The van der Waals surface area contributed by atoms with E-state index in [1.807, 2.05) is 11.8 Å². The highest BCUT2D eigenvalue weighted by molar-refractivity contribution is 9.10. The van der Waals surface area contributed by atoms with Gasteiger partial charge in [0.1, 0.15) is 0 Å². The van der Waals surface area contributed by atoms with Crippen molar-refractivity contribution < 1.29 is 0 Å². The molecule has 19 heavy (non-hydrogen) atoms. The van der Waals surface area contributed by atoms with Crippen molar-refractivity contribution in [1.29, 1.82) is 0 Å². The van der Waals surface area contributed by atoms with Gasteiger partial charge < -0.3 is 5.32 Å². The van der Waals surface area contributed by atoms with Crippen LogP contribution in [0.1, 0.15) is 50.3 Å². The van der Waals surface area contributed by atoms with E-state index in [0.717, 1.165) is 6.54 Å². The van der Waals surface area contributed by atoms with Crippen LogP contribution in [-0.2, 0) is 6.42 Å². The summed E-state index contributed by atoms with van der Waals surface area (Å²) in [5, 5.41) is 3.82. The van der Waals surface area contributed by atoms with Crippen molar-refractivity contribution in [3.05, 3.63) is 33.8 Å². The van der Waals surface area contributed by atoms with Crippen LogP contribution >= 0.6 is 27.7 Å². The monoisotopic (exact) mass is 341 g/mol. The number of hydrogen-bond acceptors (Lipinski definition) is 2. The quantitative estimate of drug-likeness (QED) is 0.785. The minimum atomic E-state index is 0.398. The third-order valence-electron chi connectivity index (χ3n) is 4.61. The fraction of sp³-hybridized carbons (Fsp3) is 0.625. The van der Waals surface area contributed by atoms with Crippen LogP contribution in [0.4, 0.5) is 0 Å². The van der Waals surface area contributed by atoms with E-state index in [2.05, 4.69) is 59.5 Å². The molecule has 0 saturated heterocycles. The van der Waals surface area contributed by atoms with Crippen LogP contribution in [0.5, 0.6) is 0 Å². The van der Waals surface area contributed by atoms with Crippen LogP contribution in [0.3, 0.4) is 0 Å². The molecule has 0 saturated carbocycles. The van der Waals surface area contributed by atoms with E-state index in [1.165, 1.54) is 41.3 Å². The Morgan fingerprint density at radius 3 is 2.74 bits per heavy atom. The van der Waals surface area contributed by atoms with Gasteiger partial charge in [-0.1, -0.05) is 41.9 Å². The smallest absolute Gasteiger partial charge is 0.0327 e. The molecule has 0 aromatic heterocycles. The standard InChI is InChI=1S/C16H24BrNS/c1-4-16(5-2,19-3)11-18-15-10-9-12-13(15)7-6-8-14(12)17/h6-8,15,18H,4-5,9-11H2,1-3H3. The number of fused-ring (bicyclic) bond motifs is 1. The highest BCUT2D eigenvalue weighted by atomic mass is 79.9. The third-order valence-corrected chi connectivity index (χ3v) is 6.94. The van der Waals surface area contributed by atoms with E-state index in [4.69, 9.17) is 0 Å². The van der Waals surface area contributed by atoms with Crippen LogP contribution in [0.25, 0.3) is 0 Å². The summed E-state index contributed by atoms with van der Waals surface area (Å²) in [6.45, 7) is 5.72. The molecule has 0 heterocycles. The van der Waals surface area contributed by atoms with E-state index < -0.39 is 0 Å². The fourth-order valence-corrected chi connectivity index (χ4v) is 4.38. The molecule has 1 aliphatic carbocycles. The van der Waals surface area contributed by atoms with E-state index in [-0.39, 0.29) is 0 Å². The second-order valence-corrected chi connectivity index (χ2v) is 7.50. The topological polar surface area (TPSA) is 12.0 Å². The average Bonchev–Trinajstić information content (AvgIpc) is 2.86. The van der Waals surface area contributed by atoms with Crippen LogP contribution in [0.15, 0.2) is 22.7 Å². The van der Waals surface area contributed by atoms with Crippen molar-refractivity contribution in [1.82, 2.24) is 5.32 Å². The highest BCUT2D eigenvalue weighted by Crippen LogP contribution is 2.37. The molecule has 0 amide bonds. The molecular weight excluding hydrogens is 318 g/mol. The van der Waals surface area contributed by atoms with Crippen LogP contribution in [0.2, 0.25) is 0 Å². The van der Waals surface area contributed by atoms with Crippen LogP contribution < -0.4 is 5.32 Å². The number of thioether (sulfide) groups is 1. The molecule has 0 bridgehead atoms. The normalized spacial score (nSPS) is 18.6. The van der Waals surface area contributed by atoms with Gasteiger partial charge in [0.05, 0.1) is 0 Å². The Morgan fingerprint density at radius 1 is 1.37 bits per heavy atom. The minimum Gasteiger partial charge on any atom is -0.309 e. The summed E-state index contributed by atoms with van der Waals surface area (Å²) in [6.07, 6.45) is 7.13. The molecule has 1 aromatic rings. The van der Waals surface area contributed by atoms with Gasteiger partial charge in [-0.25, -0.2) is 0 Å². The van der Waals surface area contributed by atoms with Gasteiger partial charge in [-0.2, -0.15) is 11.8 Å². The maximum absolute atomic E-state index is 3.82. The zero-order chi connectivity index (χ0) is 13.9. The SMILES string of the molecule is CCC(CC)(CNC1CCc2c(Br)cccc21)SC. The molecule has 1 aromatic carbocycles. The van der Waals surface area contributed by atoms with Gasteiger partial charge in [-0.05, 0) is 49.1 Å². The predicted molar refractivity (Wildman–Crippen MR) is 90.0 cm³/mol. The van der Waals surface area contributed by atoms with E-state index in [0.29, 0.717) is 10.8 Å². The van der Waals surface area contributed by atoms with Gasteiger partial charge in [0, 0.05) is 21.8 Å². The summed E-state index contributed by atoms with van der Waals surface area (Å²) in [5.41, 5.74) is 3.00. The van der Waals surface area contributed by atoms with Crippen molar-refractivity contribution in [3.63, 3.8) is 0 Å². The Hall–Kier alpha value is 0.01000. The van der Waals surface area contributed by atoms with Crippen LogP contribution in [0, 0.1) is 0 Å². The lowest BCUT2D eigenvalue weighted by molar-refractivity contribution is 0.443. The van der Waals surface area contributed by atoms with E-state index >= 15 is 0 Å². The largest absolute Gasteiger partial charge is 0.309 e. The maximum Gasteiger partial charge on any atom is 0.0327 e. The van der Waals surface area contributed by atoms with Crippen molar-refractivity contribution in [3.8, 4) is 0 Å². The summed E-state index contributed by atoms with van der Waals surface area (Å²) < 4.78 is 1.67. The summed E-state index contributed by atoms with van der Waals surface area (Å²) in [6, 6.07) is 7.14. The van der Waals surface area contributed by atoms with E-state index in [1.54, 1.807) is 0 Å². The Bertz CT molecular complexity index is 420. The second kappa shape index (κ2) is 6.64. The molecule has 1 unspecified atom stereocenters. The van der Waals surface area contributed by atoms with Gasteiger partial charge in [0.25, 0.3) is 0 Å². The molecule has 0 spiro atoms. The Morgan fingerprint density at radius 2 is 2.11 bits per heavy atom. The lowest BCUT2D eigenvalue weighted by Gasteiger charge is -2.31. The Kier molecular flexibility index (Phi) is 5.38. The van der Waals surface area contributed by atoms with Crippen molar-refractivity contribution in [2.24, 2.45) is 0 Å². The fourth-order valence-electron chi connectivity index (χ4n) is 2.99. The number of benzene rings is 1. The molecule has 0 fully saturated rings. The molecule has 0 radical (unpaired) electrons. The zero-order valence-corrected chi connectivity index (χ0v) is 14.5. The van der Waals surface area contributed by atoms with Gasteiger partial charge in [-0.15, -0.1) is 0 Å².